The lowest BCUT2D eigenvalue weighted by Gasteiger charge is -2.27. The molecular weight excluding hydrogens is 368 g/mol. The predicted octanol–water partition coefficient (Wildman–Crippen LogP) is 4.18. The normalized spacial score (nSPS) is 12.0. The van der Waals surface area contributed by atoms with Crippen molar-refractivity contribution in [3.63, 3.8) is 0 Å². The molecule has 1 aromatic heterocycles. The Labute approximate surface area is 160 Å². The van der Waals surface area contributed by atoms with Crippen LogP contribution in [0.5, 0.6) is 0 Å². The lowest BCUT2D eigenvalue weighted by Crippen LogP contribution is -2.43. The Morgan fingerprint density at radius 2 is 1.54 bits per heavy atom. The highest BCUT2D eigenvalue weighted by atomic mass is 35.5. The van der Waals surface area contributed by atoms with Crippen LogP contribution in [0.4, 0.5) is 0 Å². The van der Waals surface area contributed by atoms with Gasteiger partial charge in [-0.2, -0.15) is 5.10 Å². The van der Waals surface area contributed by atoms with Crippen LogP contribution in [0.2, 0.25) is 4.34 Å². The van der Waals surface area contributed by atoms with Gasteiger partial charge >= 0.3 is 0 Å². The smallest absolute Gasteiger partial charge is 0.281 e. The Morgan fingerprint density at radius 1 is 1.00 bits per heavy atom. The number of carbonyl (C=O) groups excluding carboxylic acids is 1. The molecule has 0 bridgehead atoms. The van der Waals surface area contributed by atoms with Gasteiger partial charge in [0, 0.05) is 0 Å². The molecule has 2 N–H and O–H groups in total. The summed E-state index contributed by atoms with van der Waals surface area (Å²) in [6, 6.07) is 21.2. The monoisotopic (exact) mass is 384 g/mol. The number of hydrazone groups is 1. The summed E-state index contributed by atoms with van der Waals surface area (Å²) >= 11 is 7.30. The summed E-state index contributed by atoms with van der Waals surface area (Å²) in [5.74, 6) is -0.628. The molecular formula is C20H17ClN2O2S. The highest BCUT2D eigenvalue weighted by molar-refractivity contribution is 7.18. The molecule has 1 heterocycles. The number of hydrogen-bond donors (Lipinski definition) is 2. The summed E-state index contributed by atoms with van der Waals surface area (Å²) < 4.78 is 0.644. The topological polar surface area (TPSA) is 61.7 Å². The number of benzene rings is 2. The van der Waals surface area contributed by atoms with E-state index in [1.807, 2.05) is 18.2 Å². The maximum absolute atomic E-state index is 12.9. The molecule has 0 aliphatic heterocycles. The standard InChI is InChI=1S/C20H17ClN2O2S/c1-14(17-12-13-18(21)26-17)22-23-19(24)20(25,15-8-4-2-5-9-15)16-10-6-3-7-11-16/h2-13,25H,1H3,(H,23,24). The summed E-state index contributed by atoms with van der Waals surface area (Å²) in [6.07, 6.45) is 0. The average Bonchev–Trinajstić information content (AvgIpc) is 3.13. The fraction of sp³-hybridized carbons (Fsp3) is 0.100. The maximum atomic E-state index is 12.9. The molecule has 0 saturated heterocycles. The molecule has 0 unspecified atom stereocenters. The number of halogens is 1. The summed E-state index contributed by atoms with van der Waals surface area (Å²) in [5.41, 5.74) is 2.19. The van der Waals surface area contributed by atoms with Crippen molar-refractivity contribution in [2.75, 3.05) is 0 Å². The van der Waals surface area contributed by atoms with E-state index in [0.717, 1.165) is 4.88 Å². The molecule has 3 aromatic rings. The van der Waals surface area contributed by atoms with Crippen molar-refractivity contribution in [3.8, 4) is 0 Å². The van der Waals surface area contributed by atoms with Crippen molar-refractivity contribution in [1.29, 1.82) is 0 Å². The predicted molar refractivity (Wildman–Crippen MR) is 106 cm³/mol. The minimum Gasteiger partial charge on any atom is -0.372 e. The molecule has 0 spiro atoms. The van der Waals surface area contributed by atoms with Crippen LogP contribution in [-0.4, -0.2) is 16.7 Å². The van der Waals surface area contributed by atoms with E-state index in [1.54, 1.807) is 61.5 Å². The summed E-state index contributed by atoms with van der Waals surface area (Å²) in [5, 5.41) is 15.4. The van der Waals surface area contributed by atoms with E-state index in [1.165, 1.54) is 11.3 Å². The van der Waals surface area contributed by atoms with E-state index in [-0.39, 0.29) is 0 Å². The van der Waals surface area contributed by atoms with Crippen LogP contribution in [0, 0.1) is 0 Å². The SMILES string of the molecule is CC(=NNC(=O)C(O)(c1ccccc1)c1ccccc1)c1ccc(Cl)s1. The van der Waals surface area contributed by atoms with Gasteiger partial charge in [0.1, 0.15) is 0 Å². The molecule has 1 amide bonds. The fourth-order valence-electron chi connectivity index (χ4n) is 2.57. The lowest BCUT2D eigenvalue weighted by atomic mass is 9.85. The van der Waals surface area contributed by atoms with E-state index in [0.29, 0.717) is 21.2 Å². The number of amides is 1. The molecule has 0 aliphatic rings. The van der Waals surface area contributed by atoms with Crippen LogP contribution >= 0.6 is 22.9 Å². The molecule has 4 nitrogen and oxygen atoms in total. The van der Waals surface area contributed by atoms with Crippen molar-refractivity contribution in [1.82, 2.24) is 5.43 Å². The van der Waals surface area contributed by atoms with Crippen molar-refractivity contribution in [3.05, 3.63) is 93.1 Å². The zero-order chi connectivity index (χ0) is 18.6. The summed E-state index contributed by atoms with van der Waals surface area (Å²) in [7, 11) is 0. The molecule has 0 fully saturated rings. The average molecular weight is 385 g/mol. The number of nitrogens with one attached hydrogen (secondary N) is 1. The maximum Gasteiger partial charge on any atom is 0.281 e. The number of aliphatic hydroxyl groups is 1. The number of thiophene rings is 1. The van der Waals surface area contributed by atoms with E-state index in [2.05, 4.69) is 10.5 Å². The highest BCUT2D eigenvalue weighted by Gasteiger charge is 2.39. The van der Waals surface area contributed by atoms with Crippen molar-refractivity contribution in [2.24, 2.45) is 5.10 Å². The first-order valence-corrected chi connectivity index (χ1v) is 9.15. The van der Waals surface area contributed by atoms with Gasteiger partial charge in [-0.25, -0.2) is 5.43 Å². The number of rotatable bonds is 5. The van der Waals surface area contributed by atoms with Gasteiger partial charge in [0.2, 0.25) is 0 Å². The van der Waals surface area contributed by atoms with Crippen LogP contribution in [0.1, 0.15) is 22.9 Å². The Kier molecular flexibility index (Phi) is 5.52. The van der Waals surface area contributed by atoms with E-state index in [9.17, 15) is 9.90 Å². The number of hydrogen-bond acceptors (Lipinski definition) is 4. The zero-order valence-corrected chi connectivity index (χ0v) is 15.6. The van der Waals surface area contributed by atoms with Crippen LogP contribution in [-0.2, 0) is 10.4 Å². The van der Waals surface area contributed by atoms with E-state index < -0.39 is 11.5 Å². The van der Waals surface area contributed by atoms with Gasteiger partial charge in [0.25, 0.3) is 5.91 Å². The molecule has 26 heavy (non-hydrogen) atoms. The minimum absolute atomic E-state index is 0.468. The van der Waals surface area contributed by atoms with Crippen LogP contribution < -0.4 is 5.43 Å². The molecule has 3 rings (SSSR count). The van der Waals surface area contributed by atoms with Crippen molar-refractivity contribution >= 4 is 34.6 Å². The number of nitrogens with zero attached hydrogens (tertiary/aromatic N) is 1. The largest absolute Gasteiger partial charge is 0.372 e. The summed E-state index contributed by atoms with van der Waals surface area (Å²) in [4.78, 5) is 13.8. The van der Waals surface area contributed by atoms with Crippen LogP contribution in [0.15, 0.2) is 77.9 Å². The Balaban J connectivity index is 1.94. The third-order valence-electron chi connectivity index (χ3n) is 3.97. The van der Waals surface area contributed by atoms with Gasteiger partial charge < -0.3 is 5.11 Å². The third kappa shape index (κ3) is 3.70. The molecule has 6 heteroatoms. The Morgan fingerprint density at radius 3 is 2.00 bits per heavy atom. The van der Waals surface area contributed by atoms with Gasteiger partial charge in [0.15, 0.2) is 5.60 Å². The Hall–Kier alpha value is -2.47. The van der Waals surface area contributed by atoms with Crippen molar-refractivity contribution in [2.45, 2.75) is 12.5 Å². The second-order valence-corrected chi connectivity index (χ2v) is 7.40. The van der Waals surface area contributed by atoms with Gasteiger partial charge in [-0.1, -0.05) is 72.3 Å². The quantitative estimate of drug-likeness (QED) is 0.512. The molecule has 2 aromatic carbocycles. The van der Waals surface area contributed by atoms with E-state index in [4.69, 9.17) is 11.6 Å². The molecule has 132 valence electrons. The first-order valence-electron chi connectivity index (χ1n) is 7.95. The van der Waals surface area contributed by atoms with Gasteiger partial charge in [0.05, 0.1) is 14.9 Å². The second-order valence-electron chi connectivity index (χ2n) is 5.68. The second kappa shape index (κ2) is 7.83. The van der Waals surface area contributed by atoms with Crippen LogP contribution in [0.3, 0.4) is 0 Å². The highest BCUT2D eigenvalue weighted by Crippen LogP contribution is 2.30. The minimum atomic E-state index is -1.85. The van der Waals surface area contributed by atoms with Crippen LogP contribution in [0.25, 0.3) is 0 Å². The third-order valence-corrected chi connectivity index (χ3v) is 5.31. The van der Waals surface area contributed by atoms with Gasteiger partial charge in [-0.3, -0.25) is 4.79 Å². The first-order chi connectivity index (χ1) is 12.5. The zero-order valence-electron chi connectivity index (χ0n) is 14.0. The molecule has 0 radical (unpaired) electrons. The summed E-state index contributed by atoms with van der Waals surface area (Å²) in [6.45, 7) is 1.77. The Bertz CT molecular complexity index is 884. The fourth-order valence-corrected chi connectivity index (χ4v) is 3.55. The number of carbonyl (C=O) groups is 1. The molecule has 0 aliphatic carbocycles. The van der Waals surface area contributed by atoms with E-state index >= 15 is 0 Å². The van der Waals surface area contributed by atoms with Gasteiger partial charge in [-0.15, -0.1) is 11.3 Å². The first kappa shape index (κ1) is 18.3. The van der Waals surface area contributed by atoms with Crippen molar-refractivity contribution < 1.29 is 9.90 Å². The van der Waals surface area contributed by atoms with Gasteiger partial charge in [-0.05, 0) is 30.2 Å². The molecule has 0 saturated carbocycles. The molecule has 0 atom stereocenters. The lowest BCUT2D eigenvalue weighted by molar-refractivity contribution is -0.136.